The van der Waals surface area contributed by atoms with E-state index in [1.807, 2.05) is 6.92 Å². The smallest absolute Gasteiger partial charge is 0.309 e. The number of rotatable bonds is 6. The molecule has 0 bridgehead atoms. The van der Waals surface area contributed by atoms with E-state index < -0.39 is 36.6 Å². The van der Waals surface area contributed by atoms with Gasteiger partial charge in [-0.3, -0.25) is 19.2 Å². The molecule has 1 heterocycles. The molecule has 0 N–H and O–H groups in total. The summed E-state index contributed by atoms with van der Waals surface area (Å²) < 4.78 is 9.74. The van der Waals surface area contributed by atoms with E-state index in [0.29, 0.717) is 6.42 Å². The monoisotopic (exact) mass is 285 g/mol. The Morgan fingerprint density at radius 2 is 2.00 bits per heavy atom. The van der Waals surface area contributed by atoms with E-state index in [9.17, 15) is 19.2 Å². The molecule has 7 nitrogen and oxygen atoms in total. The van der Waals surface area contributed by atoms with E-state index >= 15 is 0 Å². The topological polar surface area (TPSA) is 90.0 Å². The number of amides is 2. The van der Waals surface area contributed by atoms with Crippen LogP contribution in [0.2, 0.25) is 0 Å². The molecular formula is C13H19NO6. The van der Waals surface area contributed by atoms with Crippen molar-refractivity contribution in [1.82, 2.24) is 4.90 Å². The van der Waals surface area contributed by atoms with Crippen LogP contribution in [0.3, 0.4) is 0 Å². The quantitative estimate of drug-likeness (QED) is 0.525. The number of hydrogen-bond acceptors (Lipinski definition) is 6. The van der Waals surface area contributed by atoms with Crippen molar-refractivity contribution in [1.29, 1.82) is 0 Å². The molecule has 0 aliphatic carbocycles. The molecule has 0 saturated carbocycles. The highest BCUT2D eigenvalue weighted by Crippen LogP contribution is 2.21. The van der Waals surface area contributed by atoms with Crippen molar-refractivity contribution in [3.8, 4) is 0 Å². The largest absolute Gasteiger partial charge is 0.455 e. The third kappa shape index (κ3) is 3.79. The first-order valence-electron chi connectivity index (χ1n) is 6.61. The first-order valence-corrected chi connectivity index (χ1v) is 6.61. The maximum absolute atomic E-state index is 11.8. The molecule has 2 unspecified atom stereocenters. The molecule has 20 heavy (non-hydrogen) atoms. The van der Waals surface area contributed by atoms with Gasteiger partial charge >= 0.3 is 11.9 Å². The summed E-state index contributed by atoms with van der Waals surface area (Å²) in [5, 5.41) is 0. The minimum Gasteiger partial charge on any atom is -0.455 e. The highest BCUT2D eigenvalue weighted by molar-refractivity contribution is 6.01. The van der Waals surface area contributed by atoms with Gasteiger partial charge in [0.05, 0.1) is 12.3 Å². The average Bonchev–Trinajstić information content (AvgIpc) is 2.42. The van der Waals surface area contributed by atoms with Gasteiger partial charge in [0, 0.05) is 6.42 Å². The second-order valence-corrected chi connectivity index (χ2v) is 4.58. The van der Waals surface area contributed by atoms with Crippen molar-refractivity contribution in [3.63, 3.8) is 0 Å². The number of esters is 2. The lowest BCUT2D eigenvalue weighted by Gasteiger charge is -2.37. The molecule has 0 radical (unpaired) electrons. The molecule has 112 valence electrons. The fraction of sp³-hybridized carbons (Fsp3) is 0.692. The van der Waals surface area contributed by atoms with Crippen molar-refractivity contribution in [3.05, 3.63) is 0 Å². The predicted octanol–water partition coefficient (Wildman–Crippen LogP) is 0.614. The van der Waals surface area contributed by atoms with Crippen LogP contribution in [-0.4, -0.2) is 41.5 Å². The summed E-state index contributed by atoms with van der Waals surface area (Å²) in [4.78, 5) is 46.5. The molecule has 0 aromatic rings. The van der Waals surface area contributed by atoms with Crippen LogP contribution < -0.4 is 0 Å². The Bertz CT molecular complexity index is 419. The summed E-state index contributed by atoms with van der Waals surface area (Å²) in [5.41, 5.74) is 0. The molecule has 7 heteroatoms. The fourth-order valence-electron chi connectivity index (χ4n) is 1.53. The number of carbonyl (C=O) groups excluding carboxylic acids is 4. The summed E-state index contributed by atoms with van der Waals surface area (Å²) in [6.45, 7) is 4.61. The van der Waals surface area contributed by atoms with Gasteiger partial charge in [-0.25, -0.2) is 4.90 Å². The van der Waals surface area contributed by atoms with Gasteiger partial charge in [-0.05, 0) is 6.42 Å². The Kier molecular flexibility index (Phi) is 5.66. The van der Waals surface area contributed by atoms with Gasteiger partial charge in [0.1, 0.15) is 0 Å². The van der Waals surface area contributed by atoms with Crippen molar-refractivity contribution < 1.29 is 28.7 Å². The first kappa shape index (κ1) is 16.1. The molecule has 2 amide bonds. The second kappa shape index (κ2) is 7.02. The van der Waals surface area contributed by atoms with Crippen LogP contribution in [0.4, 0.5) is 0 Å². The molecule has 1 rings (SSSR count). The number of carbonyl (C=O) groups is 4. The summed E-state index contributed by atoms with van der Waals surface area (Å²) in [6.07, 6.45) is -0.122. The van der Waals surface area contributed by atoms with Gasteiger partial charge in [0.2, 0.25) is 5.91 Å². The SMILES string of the molecule is CCC(=O)OC1CC(=O)N1C(=O)COC(=O)C(C)CC. The molecule has 0 aromatic heterocycles. The van der Waals surface area contributed by atoms with E-state index in [-0.39, 0.29) is 18.8 Å². The highest BCUT2D eigenvalue weighted by atomic mass is 16.6. The van der Waals surface area contributed by atoms with Gasteiger partial charge in [0.25, 0.3) is 5.91 Å². The van der Waals surface area contributed by atoms with Crippen LogP contribution in [0.25, 0.3) is 0 Å². The van der Waals surface area contributed by atoms with E-state index in [1.54, 1.807) is 13.8 Å². The Morgan fingerprint density at radius 1 is 1.35 bits per heavy atom. The summed E-state index contributed by atoms with van der Waals surface area (Å²) in [5.74, 6) is -2.40. The number of nitrogens with zero attached hydrogens (tertiary/aromatic N) is 1. The Morgan fingerprint density at radius 3 is 2.50 bits per heavy atom. The number of imide groups is 1. The van der Waals surface area contributed by atoms with Crippen molar-refractivity contribution in [2.24, 2.45) is 5.92 Å². The normalized spacial score (nSPS) is 19.1. The Labute approximate surface area is 117 Å². The third-order valence-electron chi connectivity index (χ3n) is 3.08. The summed E-state index contributed by atoms with van der Waals surface area (Å²) in [6, 6.07) is 0. The van der Waals surface area contributed by atoms with Gasteiger partial charge < -0.3 is 9.47 Å². The maximum atomic E-state index is 11.8. The van der Waals surface area contributed by atoms with Gasteiger partial charge in [0.15, 0.2) is 12.8 Å². The van der Waals surface area contributed by atoms with Crippen LogP contribution in [-0.2, 0) is 28.7 Å². The Hall–Kier alpha value is -1.92. The molecule has 1 aliphatic rings. The predicted molar refractivity (Wildman–Crippen MR) is 67.1 cm³/mol. The summed E-state index contributed by atoms with van der Waals surface area (Å²) >= 11 is 0. The van der Waals surface area contributed by atoms with Crippen LogP contribution in [0.15, 0.2) is 0 Å². The lowest BCUT2D eigenvalue weighted by atomic mass is 10.1. The maximum Gasteiger partial charge on any atom is 0.309 e. The standard InChI is InChI=1S/C13H19NO6/c1-4-8(3)13(18)19-7-10(16)14-9(15)6-11(14)20-12(17)5-2/h8,11H,4-7H2,1-3H3. The number of β-lactam (4-membered cyclic amide) rings is 1. The molecule has 2 atom stereocenters. The molecule has 1 aliphatic heterocycles. The third-order valence-corrected chi connectivity index (χ3v) is 3.08. The van der Waals surface area contributed by atoms with Gasteiger partial charge in [-0.1, -0.05) is 20.8 Å². The fourth-order valence-corrected chi connectivity index (χ4v) is 1.53. The second-order valence-electron chi connectivity index (χ2n) is 4.58. The molecule has 0 aromatic carbocycles. The van der Waals surface area contributed by atoms with Crippen LogP contribution >= 0.6 is 0 Å². The van der Waals surface area contributed by atoms with E-state index in [1.165, 1.54) is 0 Å². The highest BCUT2D eigenvalue weighted by Gasteiger charge is 2.43. The van der Waals surface area contributed by atoms with Crippen LogP contribution in [0.5, 0.6) is 0 Å². The first-order chi connectivity index (χ1) is 9.40. The van der Waals surface area contributed by atoms with E-state index in [2.05, 4.69) is 0 Å². The van der Waals surface area contributed by atoms with Crippen LogP contribution in [0, 0.1) is 5.92 Å². The Balaban J connectivity index is 2.47. The van der Waals surface area contributed by atoms with Crippen LogP contribution in [0.1, 0.15) is 40.0 Å². The average molecular weight is 285 g/mol. The number of likely N-dealkylation sites (tertiary alicyclic amines) is 1. The molecule has 1 fully saturated rings. The summed E-state index contributed by atoms with van der Waals surface area (Å²) in [7, 11) is 0. The van der Waals surface area contributed by atoms with E-state index in [4.69, 9.17) is 9.47 Å². The molecule has 0 spiro atoms. The van der Waals surface area contributed by atoms with Gasteiger partial charge in [-0.2, -0.15) is 0 Å². The van der Waals surface area contributed by atoms with Crippen molar-refractivity contribution in [2.45, 2.75) is 46.3 Å². The zero-order valence-electron chi connectivity index (χ0n) is 11.9. The lowest BCUT2D eigenvalue weighted by molar-refractivity contribution is -0.190. The van der Waals surface area contributed by atoms with Crippen molar-refractivity contribution >= 4 is 23.8 Å². The number of ether oxygens (including phenoxy) is 2. The zero-order chi connectivity index (χ0) is 15.3. The molecule has 1 saturated heterocycles. The molecular weight excluding hydrogens is 266 g/mol. The lowest BCUT2D eigenvalue weighted by Crippen LogP contribution is -2.58. The van der Waals surface area contributed by atoms with Crippen molar-refractivity contribution in [2.75, 3.05) is 6.61 Å². The minimum atomic E-state index is -0.871. The zero-order valence-corrected chi connectivity index (χ0v) is 11.9. The van der Waals surface area contributed by atoms with Gasteiger partial charge in [-0.15, -0.1) is 0 Å². The van der Waals surface area contributed by atoms with E-state index in [0.717, 1.165) is 4.90 Å². The number of hydrogen-bond donors (Lipinski definition) is 0. The minimum absolute atomic E-state index is 0.0171.